The number of carbonyl (C=O) groups excluding carboxylic acids is 2. The molecule has 3 rings (SSSR count). The highest BCUT2D eigenvalue weighted by molar-refractivity contribution is 5.95. The van der Waals surface area contributed by atoms with Gasteiger partial charge in [0.25, 0.3) is 5.91 Å². The Labute approximate surface area is 178 Å². The summed E-state index contributed by atoms with van der Waals surface area (Å²) in [7, 11) is 3.00. The van der Waals surface area contributed by atoms with Gasteiger partial charge in [-0.3, -0.25) is 4.79 Å². The maximum Gasteiger partial charge on any atom is 0.343 e. The van der Waals surface area contributed by atoms with Crippen LogP contribution in [-0.2, 0) is 0 Å². The number of amides is 1. The van der Waals surface area contributed by atoms with E-state index in [1.54, 1.807) is 49.6 Å². The Kier molecular flexibility index (Phi) is 6.85. The topological polar surface area (TPSA) is 106 Å². The number of nitrogens with zero attached hydrogens (tertiary/aromatic N) is 1. The third-order valence-corrected chi connectivity index (χ3v) is 4.23. The molecule has 0 spiro atoms. The van der Waals surface area contributed by atoms with Crippen molar-refractivity contribution in [2.45, 2.75) is 0 Å². The molecule has 0 aliphatic carbocycles. The number of aromatic hydroxyl groups is 1. The highest BCUT2D eigenvalue weighted by Crippen LogP contribution is 2.28. The van der Waals surface area contributed by atoms with Gasteiger partial charge >= 0.3 is 5.97 Å². The molecule has 0 aromatic heterocycles. The van der Waals surface area contributed by atoms with Crippen LogP contribution in [0.25, 0.3) is 0 Å². The van der Waals surface area contributed by atoms with Crippen LogP contribution in [0.1, 0.15) is 26.3 Å². The maximum absolute atomic E-state index is 12.4. The minimum atomic E-state index is -0.538. The number of hydrazone groups is 1. The van der Waals surface area contributed by atoms with E-state index in [0.717, 1.165) is 0 Å². The first-order valence-corrected chi connectivity index (χ1v) is 9.17. The molecule has 3 aromatic carbocycles. The largest absolute Gasteiger partial charge is 0.508 e. The summed E-state index contributed by atoms with van der Waals surface area (Å²) in [5.41, 5.74) is 3.73. The predicted octanol–water partition coefficient (Wildman–Crippen LogP) is 3.39. The second-order valence-electron chi connectivity index (χ2n) is 6.27. The van der Waals surface area contributed by atoms with Crippen molar-refractivity contribution in [3.63, 3.8) is 0 Å². The molecular weight excluding hydrogens is 400 g/mol. The number of hydrogen-bond acceptors (Lipinski definition) is 7. The highest BCUT2D eigenvalue weighted by atomic mass is 16.6. The molecule has 0 saturated heterocycles. The molecule has 0 saturated carbocycles. The van der Waals surface area contributed by atoms with Gasteiger partial charge in [0.1, 0.15) is 11.5 Å². The summed E-state index contributed by atoms with van der Waals surface area (Å²) in [5.74, 6) is 0.316. The molecule has 0 heterocycles. The molecule has 0 atom stereocenters. The van der Waals surface area contributed by atoms with Crippen LogP contribution in [0.5, 0.6) is 23.0 Å². The number of phenols is 1. The Morgan fingerprint density at radius 3 is 2.19 bits per heavy atom. The van der Waals surface area contributed by atoms with Crippen molar-refractivity contribution >= 4 is 18.1 Å². The van der Waals surface area contributed by atoms with Gasteiger partial charge in [-0.25, -0.2) is 10.2 Å². The molecule has 0 unspecified atom stereocenters. The first-order valence-electron chi connectivity index (χ1n) is 9.17. The van der Waals surface area contributed by atoms with Crippen LogP contribution in [-0.4, -0.2) is 37.4 Å². The molecule has 8 heteroatoms. The van der Waals surface area contributed by atoms with E-state index >= 15 is 0 Å². The highest BCUT2D eigenvalue weighted by Gasteiger charge is 2.13. The fourth-order valence-electron chi connectivity index (χ4n) is 2.58. The number of ether oxygens (including phenoxy) is 3. The number of carbonyl (C=O) groups is 2. The van der Waals surface area contributed by atoms with Crippen molar-refractivity contribution in [2.24, 2.45) is 5.10 Å². The van der Waals surface area contributed by atoms with Gasteiger partial charge < -0.3 is 19.3 Å². The third-order valence-electron chi connectivity index (χ3n) is 4.23. The lowest BCUT2D eigenvalue weighted by Gasteiger charge is -2.10. The zero-order chi connectivity index (χ0) is 22.2. The van der Waals surface area contributed by atoms with Crippen LogP contribution in [0.3, 0.4) is 0 Å². The van der Waals surface area contributed by atoms with Gasteiger partial charge in [-0.15, -0.1) is 0 Å². The first kappa shape index (κ1) is 21.4. The van der Waals surface area contributed by atoms with Crippen LogP contribution in [0.15, 0.2) is 71.8 Å². The van der Waals surface area contributed by atoms with Gasteiger partial charge in [0, 0.05) is 5.56 Å². The fraction of sp³-hybridized carbons (Fsp3) is 0.0870. The lowest BCUT2D eigenvalue weighted by Crippen LogP contribution is -2.17. The maximum atomic E-state index is 12.4. The Morgan fingerprint density at radius 1 is 0.871 bits per heavy atom. The molecule has 31 heavy (non-hydrogen) atoms. The van der Waals surface area contributed by atoms with Crippen LogP contribution >= 0.6 is 0 Å². The minimum absolute atomic E-state index is 0.0694. The normalized spacial score (nSPS) is 10.5. The standard InChI is InChI=1S/C23H20N2O6/c1-29-19-10-6-17(7-11-19)23(28)31-20-12-3-15(13-21(20)30-2)14-24-25-22(27)16-4-8-18(26)9-5-16/h3-14,26H,1-2H3,(H,25,27)/b24-14+. The zero-order valence-electron chi connectivity index (χ0n) is 16.9. The third kappa shape index (κ3) is 5.60. The van der Waals surface area contributed by atoms with Crippen molar-refractivity contribution in [2.75, 3.05) is 14.2 Å². The van der Waals surface area contributed by atoms with Gasteiger partial charge in [0.05, 0.1) is 26.0 Å². The van der Waals surface area contributed by atoms with Crippen LogP contribution in [0, 0.1) is 0 Å². The lowest BCUT2D eigenvalue weighted by molar-refractivity contribution is 0.0729. The number of esters is 1. The summed E-state index contributed by atoms with van der Waals surface area (Å²) < 4.78 is 15.8. The molecule has 2 N–H and O–H groups in total. The van der Waals surface area contributed by atoms with E-state index in [-0.39, 0.29) is 11.5 Å². The Balaban J connectivity index is 1.66. The van der Waals surface area contributed by atoms with Crippen molar-refractivity contribution in [1.82, 2.24) is 5.43 Å². The molecule has 0 fully saturated rings. The van der Waals surface area contributed by atoms with Crippen LogP contribution < -0.4 is 19.6 Å². The second-order valence-corrected chi connectivity index (χ2v) is 6.27. The molecule has 158 valence electrons. The number of phenolic OH excluding ortho intramolecular Hbond substituents is 1. The predicted molar refractivity (Wildman–Crippen MR) is 114 cm³/mol. The first-order chi connectivity index (χ1) is 15.0. The van der Waals surface area contributed by atoms with Crippen molar-refractivity contribution in [3.05, 3.63) is 83.4 Å². The Morgan fingerprint density at radius 2 is 1.55 bits per heavy atom. The lowest BCUT2D eigenvalue weighted by atomic mass is 10.2. The number of hydrogen-bond donors (Lipinski definition) is 2. The molecular formula is C23H20N2O6. The average Bonchev–Trinajstić information content (AvgIpc) is 2.80. The number of benzene rings is 3. The summed E-state index contributed by atoms with van der Waals surface area (Å²) in [4.78, 5) is 24.4. The van der Waals surface area contributed by atoms with E-state index < -0.39 is 11.9 Å². The molecule has 8 nitrogen and oxygen atoms in total. The van der Waals surface area contributed by atoms with E-state index in [0.29, 0.717) is 28.2 Å². The van der Waals surface area contributed by atoms with E-state index in [1.807, 2.05) is 0 Å². The molecule has 0 bridgehead atoms. The molecule has 0 aliphatic heterocycles. The fourth-order valence-corrected chi connectivity index (χ4v) is 2.58. The summed E-state index contributed by atoms with van der Waals surface area (Å²) in [6.07, 6.45) is 1.43. The molecule has 1 amide bonds. The van der Waals surface area contributed by atoms with Gasteiger partial charge in [0.2, 0.25) is 0 Å². The average molecular weight is 420 g/mol. The van der Waals surface area contributed by atoms with Crippen LogP contribution in [0.2, 0.25) is 0 Å². The second kappa shape index (κ2) is 9.93. The Hall–Kier alpha value is -4.33. The van der Waals surface area contributed by atoms with Gasteiger partial charge in [-0.1, -0.05) is 0 Å². The quantitative estimate of drug-likeness (QED) is 0.263. The SMILES string of the molecule is COc1ccc(C(=O)Oc2ccc(/C=N/NC(=O)c3ccc(O)cc3)cc2OC)cc1. The summed E-state index contributed by atoms with van der Waals surface area (Å²) in [6.45, 7) is 0. The summed E-state index contributed by atoms with van der Waals surface area (Å²) >= 11 is 0. The van der Waals surface area contributed by atoms with E-state index in [2.05, 4.69) is 10.5 Å². The van der Waals surface area contributed by atoms with E-state index in [4.69, 9.17) is 14.2 Å². The number of rotatable bonds is 7. The van der Waals surface area contributed by atoms with Crippen molar-refractivity contribution in [1.29, 1.82) is 0 Å². The molecule has 3 aromatic rings. The zero-order valence-corrected chi connectivity index (χ0v) is 16.9. The van der Waals surface area contributed by atoms with E-state index in [9.17, 15) is 14.7 Å². The van der Waals surface area contributed by atoms with Crippen LogP contribution in [0.4, 0.5) is 0 Å². The minimum Gasteiger partial charge on any atom is -0.508 e. The Bertz CT molecular complexity index is 1090. The summed E-state index contributed by atoms with van der Waals surface area (Å²) in [5, 5.41) is 13.2. The number of nitrogens with one attached hydrogen (secondary N) is 1. The molecule has 0 radical (unpaired) electrons. The van der Waals surface area contributed by atoms with Crippen molar-refractivity contribution < 1.29 is 28.9 Å². The van der Waals surface area contributed by atoms with Gasteiger partial charge in [-0.2, -0.15) is 5.10 Å². The van der Waals surface area contributed by atoms with Gasteiger partial charge in [-0.05, 0) is 72.3 Å². The van der Waals surface area contributed by atoms with Gasteiger partial charge in [0.15, 0.2) is 11.5 Å². The smallest absolute Gasteiger partial charge is 0.343 e. The molecule has 0 aliphatic rings. The van der Waals surface area contributed by atoms with Crippen molar-refractivity contribution in [3.8, 4) is 23.0 Å². The number of methoxy groups -OCH3 is 2. The van der Waals surface area contributed by atoms with E-state index in [1.165, 1.54) is 37.6 Å². The monoisotopic (exact) mass is 420 g/mol. The summed E-state index contributed by atoms with van der Waals surface area (Å²) in [6, 6.07) is 17.2.